The van der Waals surface area contributed by atoms with Crippen molar-refractivity contribution in [2.45, 2.75) is 66.0 Å². The van der Waals surface area contributed by atoms with Crippen LogP contribution in [-0.4, -0.2) is 29.6 Å². The number of carbonyl (C=O) groups is 1. The highest BCUT2D eigenvalue weighted by Gasteiger charge is 2.34. The van der Waals surface area contributed by atoms with E-state index in [1.807, 2.05) is 17.0 Å². The number of hydrogen-bond acceptors (Lipinski definition) is 3. The average molecular weight is 335 g/mol. The van der Waals surface area contributed by atoms with E-state index in [9.17, 15) is 4.79 Å². The molecule has 1 aromatic rings. The van der Waals surface area contributed by atoms with Crippen molar-refractivity contribution in [2.24, 2.45) is 17.8 Å². The normalized spacial score (nSPS) is 21.7. The zero-order chi connectivity index (χ0) is 17.7. The van der Waals surface area contributed by atoms with Crippen LogP contribution in [0.15, 0.2) is 22.8 Å². The summed E-state index contributed by atoms with van der Waals surface area (Å²) in [4.78, 5) is 13.9. The lowest BCUT2D eigenvalue weighted by molar-refractivity contribution is -0.130. The predicted molar refractivity (Wildman–Crippen MR) is 95.5 cm³/mol. The first kappa shape index (κ1) is 19.0. The molecule has 0 spiro atoms. The van der Waals surface area contributed by atoms with Gasteiger partial charge in [-0.2, -0.15) is 0 Å². The molecule has 0 aliphatic carbocycles. The van der Waals surface area contributed by atoms with Gasteiger partial charge < -0.3 is 14.1 Å². The first-order chi connectivity index (χ1) is 11.3. The molecule has 1 fully saturated rings. The molecule has 2 rings (SSSR count). The second kappa shape index (κ2) is 8.19. The number of carbonyl (C=O) groups excluding carboxylic acids is 1. The first-order valence-corrected chi connectivity index (χ1v) is 9.20. The minimum absolute atomic E-state index is 0.0233. The SMILES string of the molecule is CC(=O)N(CC[C@@H](C(C)C)[C@@H]1CCOC(C)(C)C1)Cc1ccco1. The van der Waals surface area contributed by atoms with Gasteiger partial charge in [0.2, 0.25) is 5.91 Å². The van der Waals surface area contributed by atoms with Crippen LogP contribution in [0.25, 0.3) is 0 Å². The molecule has 1 amide bonds. The third-order valence-corrected chi connectivity index (χ3v) is 5.30. The highest BCUT2D eigenvalue weighted by molar-refractivity contribution is 5.73. The molecular formula is C20H33NO3. The molecule has 2 atom stereocenters. The molecule has 0 aromatic carbocycles. The second-order valence-electron chi connectivity index (χ2n) is 8.08. The van der Waals surface area contributed by atoms with Crippen molar-refractivity contribution in [2.75, 3.05) is 13.2 Å². The Bertz CT molecular complexity index is 507. The van der Waals surface area contributed by atoms with Gasteiger partial charge in [0, 0.05) is 20.1 Å². The van der Waals surface area contributed by atoms with Gasteiger partial charge in [-0.1, -0.05) is 13.8 Å². The molecule has 1 aliphatic heterocycles. The second-order valence-corrected chi connectivity index (χ2v) is 8.08. The molecule has 0 radical (unpaired) electrons. The molecule has 2 heterocycles. The van der Waals surface area contributed by atoms with Crippen molar-refractivity contribution in [1.29, 1.82) is 0 Å². The van der Waals surface area contributed by atoms with Crippen molar-refractivity contribution in [3.05, 3.63) is 24.2 Å². The maximum Gasteiger partial charge on any atom is 0.219 e. The molecule has 1 saturated heterocycles. The Kier molecular flexibility index (Phi) is 6.50. The Morgan fingerprint density at radius 1 is 1.42 bits per heavy atom. The summed E-state index contributed by atoms with van der Waals surface area (Å²) in [5.41, 5.74) is -0.0233. The maximum atomic E-state index is 12.0. The van der Waals surface area contributed by atoms with Crippen LogP contribution >= 0.6 is 0 Å². The Morgan fingerprint density at radius 2 is 2.17 bits per heavy atom. The fraction of sp³-hybridized carbons (Fsp3) is 0.750. The molecule has 1 aromatic heterocycles. The fourth-order valence-electron chi connectivity index (χ4n) is 4.00. The average Bonchev–Trinajstić information content (AvgIpc) is 2.97. The van der Waals surface area contributed by atoms with Crippen LogP contribution < -0.4 is 0 Å². The van der Waals surface area contributed by atoms with Crippen LogP contribution in [0.1, 0.15) is 59.6 Å². The summed E-state index contributed by atoms with van der Waals surface area (Å²) in [7, 11) is 0. The Labute approximate surface area is 146 Å². The molecule has 4 nitrogen and oxygen atoms in total. The summed E-state index contributed by atoms with van der Waals surface area (Å²) in [5.74, 6) is 2.86. The summed E-state index contributed by atoms with van der Waals surface area (Å²) in [6.45, 7) is 12.8. The van der Waals surface area contributed by atoms with Gasteiger partial charge in [0.05, 0.1) is 18.4 Å². The summed E-state index contributed by atoms with van der Waals surface area (Å²) in [5, 5.41) is 0. The zero-order valence-electron chi connectivity index (χ0n) is 15.9. The molecule has 0 bridgehead atoms. The van der Waals surface area contributed by atoms with Crippen LogP contribution in [-0.2, 0) is 16.1 Å². The van der Waals surface area contributed by atoms with Crippen LogP contribution in [0.5, 0.6) is 0 Å². The number of rotatable bonds is 7. The number of hydrogen-bond donors (Lipinski definition) is 0. The van der Waals surface area contributed by atoms with E-state index >= 15 is 0 Å². The minimum Gasteiger partial charge on any atom is -0.467 e. The Morgan fingerprint density at radius 3 is 2.71 bits per heavy atom. The van der Waals surface area contributed by atoms with Gasteiger partial charge in [-0.25, -0.2) is 0 Å². The summed E-state index contributed by atoms with van der Waals surface area (Å²) in [6.07, 6.45) is 4.94. The largest absolute Gasteiger partial charge is 0.467 e. The van der Waals surface area contributed by atoms with E-state index in [0.717, 1.165) is 38.2 Å². The molecule has 0 unspecified atom stereocenters. The third kappa shape index (κ3) is 5.37. The van der Waals surface area contributed by atoms with E-state index in [-0.39, 0.29) is 11.5 Å². The number of ether oxygens (including phenoxy) is 1. The summed E-state index contributed by atoms with van der Waals surface area (Å²) in [6, 6.07) is 3.80. The van der Waals surface area contributed by atoms with Crippen LogP contribution in [0.3, 0.4) is 0 Å². The molecule has 4 heteroatoms. The Hall–Kier alpha value is -1.29. The van der Waals surface area contributed by atoms with Crippen LogP contribution in [0, 0.1) is 17.8 Å². The van der Waals surface area contributed by atoms with Gasteiger partial charge in [0.1, 0.15) is 5.76 Å². The fourth-order valence-corrected chi connectivity index (χ4v) is 4.00. The summed E-state index contributed by atoms with van der Waals surface area (Å²) < 4.78 is 11.3. The van der Waals surface area contributed by atoms with Gasteiger partial charge in [0.25, 0.3) is 0 Å². The monoisotopic (exact) mass is 335 g/mol. The minimum atomic E-state index is -0.0233. The van der Waals surface area contributed by atoms with Gasteiger partial charge in [0.15, 0.2) is 0 Å². The quantitative estimate of drug-likeness (QED) is 0.737. The van der Waals surface area contributed by atoms with Crippen molar-refractivity contribution in [3.8, 4) is 0 Å². The van der Waals surface area contributed by atoms with Gasteiger partial charge >= 0.3 is 0 Å². The predicted octanol–water partition coefficient (Wildman–Crippen LogP) is 4.50. The number of nitrogens with zero attached hydrogens (tertiary/aromatic N) is 1. The topological polar surface area (TPSA) is 42.7 Å². The van der Waals surface area contributed by atoms with E-state index in [1.54, 1.807) is 13.2 Å². The standard InChI is InChI=1S/C20H33NO3/c1-15(2)19(17-9-12-24-20(4,5)13-17)8-10-21(16(3)22)14-18-7-6-11-23-18/h6-7,11,15,17,19H,8-10,12-14H2,1-5H3/t17-,19+/m1/s1. The molecule has 1 aliphatic rings. The number of furan rings is 1. The van der Waals surface area contributed by atoms with Crippen molar-refractivity contribution in [3.63, 3.8) is 0 Å². The van der Waals surface area contributed by atoms with Crippen LogP contribution in [0.4, 0.5) is 0 Å². The van der Waals surface area contributed by atoms with E-state index in [0.29, 0.717) is 24.3 Å². The lowest BCUT2D eigenvalue weighted by Crippen LogP contribution is -2.39. The maximum absolute atomic E-state index is 12.0. The summed E-state index contributed by atoms with van der Waals surface area (Å²) >= 11 is 0. The molecular weight excluding hydrogens is 302 g/mol. The van der Waals surface area contributed by atoms with E-state index in [2.05, 4.69) is 27.7 Å². The van der Waals surface area contributed by atoms with E-state index < -0.39 is 0 Å². The molecule has 0 N–H and O–H groups in total. The van der Waals surface area contributed by atoms with Crippen molar-refractivity contribution < 1.29 is 13.9 Å². The van der Waals surface area contributed by atoms with Crippen molar-refractivity contribution >= 4 is 5.91 Å². The highest BCUT2D eigenvalue weighted by Crippen LogP contribution is 2.38. The third-order valence-electron chi connectivity index (χ3n) is 5.30. The first-order valence-electron chi connectivity index (χ1n) is 9.20. The molecule has 24 heavy (non-hydrogen) atoms. The smallest absolute Gasteiger partial charge is 0.219 e. The molecule has 0 saturated carbocycles. The molecule has 136 valence electrons. The van der Waals surface area contributed by atoms with Gasteiger partial charge in [-0.3, -0.25) is 4.79 Å². The Balaban J connectivity index is 1.97. The van der Waals surface area contributed by atoms with E-state index in [1.165, 1.54) is 0 Å². The zero-order valence-corrected chi connectivity index (χ0v) is 15.9. The van der Waals surface area contributed by atoms with Gasteiger partial charge in [-0.15, -0.1) is 0 Å². The lowest BCUT2D eigenvalue weighted by atomic mass is 9.73. The lowest BCUT2D eigenvalue weighted by Gasteiger charge is -2.41. The van der Waals surface area contributed by atoms with E-state index in [4.69, 9.17) is 9.15 Å². The number of amides is 1. The van der Waals surface area contributed by atoms with Crippen LogP contribution in [0.2, 0.25) is 0 Å². The van der Waals surface area contributed by atoms with Gasteiger partial charge in [-0.05, 0) is 63.0 Å². The van der Waals surface area contributed by atoms with Crippen molar-refractivity contribution in [1.82, 2.24) is 4.90 Å². The highest BCUT2D eigenvalue weighted by atomic mass is 16.5.